The lowest BCUT2D eigenvalue weighted by Crippen LogP contribution is -2.16. The van der Waals surface area contributed by atoms with Crippen LogP contribution in [0.15, 0.2) is 60.7 Å². The van der Waals surface area contributed by atoms with Crippen LogP contribution in [0.4, 0.5) is 5.69 Å². The van der Waals surface area contributed by atoms with Gasteiger partial charge in [0.1, 0.15) is 11.5 Å². The number of aryl methyl sites for hydroxylation is 1. The predicted molar refractivity (Wildman–Crippen MR) is 117 cm³/mol. The molecule has 4 heteroatoms. The van der Waals surface area contributed by atoms with Gasteiger partial charge in [-0.05, 0) is 79.4 Å². The summed E-state index contributed by atoms with van der Waals surface area (Å²) >= 11 is 6.51. The van der Waals surface area contributed by atoms with Crippen molar-refractivity contribution in [2.45, 2.75) is 26.3 Å². The van der Waals surface area contributed by atoms with Crippen molar-refractivity contribution in [2.24, 2.45) is 0 Å². The van der Waals surface area contributed by atoms with Crippen LogP contribution in [0.25, 0.3) is 0 Å². The van der Waals surface area contributed by atoms with Crippen LogP contribution in [0.1, 0.15) is 22.3 Å². The number of fused-ring (bicyclic) bond motifs is 1. The third-order valence-electron chi connectivity index (χ3n) is 5.20. The molecule has 0 saturated heterocycles. The van der Waals surface area contributed by atoms with Crippen molar-refractivity contribution >= 4 is 17.3 Å². The summed E-state index contributed by atoms with van der Waals surface area (Å²) in [6.45, 7) is 4.80. The average molecular weight is 393 g/mol. The van der Waals surface area contributed by atoms with Gasteiger partial charge in [0.2, 0.25) is 0 Å². The van der Waals surface area contributed by atoms with Crippen LogP contribution in [0.3, 0.4) is 0 Å². The summed E-state index contributed by atoms with van der Waals surface area (Å²) in [7, 11) is 0. The molecule has 1 heterocycles. The minimum atomic E-state index is 0.730. The van der Waals surface area contributed by atoms with Crippen molar-refractivity contribution in [3.8, 4) is 11.5 Å². The topological polar surface area (TPSA) is 33.3 Å². The fourth-order valence-electron chi connectivity index (χ4n) is 3.60. The second kappa shape index (κ2) is 8.68. The molecule has 0 aromatic heterocycles. The Morgan fingerprint density at radius 2 is 1.75 bits per heavy atom. The Hall–Kier alpha value is -2.49. The molecule has 0 bridgehead atoms. The lowest BCUT2D eigenvalue weighted by atomic mass is 10.0. The minimum Gasteiger partial charge on any atom is -0.457 e. The molecule has 0 unspecified atom stereocenters. The number of para-hydroxylation sites is 1. The Bertz CT molecular complexity index is 953. The fourth-order valence-corrected chi connectivity index (χ4v) is 3.84. The highest BCUT2D eigenvalue weighted by atomic mass is 35.5. The molecule has 4 rings (SSSR count). The van der Waals surface area contributed by atoms with Crippen molar-refractivity contribution in [3.63, 3.8) is 0 Å². The van der Waals surface area contributed by atoms with Crippen molar-refractivity contribution in [1.82, 2.24) is 5.32 Å². The average Bonchev–Trinajstić information content (AvgIpc) is 2.96. The van der Waals surface area contributed by atoms with E-state index in [1.54, 1.807) is 0 Å². The molecule has 1 aliphatic heterocycles. The molecule has 28 heavy (non-hydrogen) atoms. The van der Waals surface area contributed by atoms with E-state index in [9.17, 15) is 0 Å². The van der Waals surface area contributed by atoms with Crippen LogP contribution in [-0.4, -0.2) is 13.1 Å². The van der Waals surface area contributed by atoms with Crippen molar-refractivity contribution in [1.29, 1.82) is 0 Å². The Labute approximate surface area is 171 Å². The molecule has 0 amide bonds. The second-order valence-corrected chi connectivity index (χ2v) is 7.58. The van der Waals surface area contributed by atoms with Crippen LogP contribution in [0.2, 0.25) is 5.02 Å². The maximum atomic E-state index is 6.51. The fraction of sp³-hybridized carbons (Fsp3) is 0.250. The second-order valence-electron chi connectivity index (χ2n) is 7.18. The summed E-state index contributed by atoms with van der Waals surface area (Å²) in [5.74, 6) is 1.73. The zero-order valence-electron chi connectivity index (χ0n) is 16.1. The Balaban J connectivity index is 1.45. The highest BCUT2D eigenvalue weighted by Gasteiger charge is 2.14. The molecule has 144 valence electrons. The molecule has 3 aromatic carbocycles. The van der Waals surface area contributed by atoms with Gasteiger partial charge in [-0.3, -0.25) is 0 Å². The number of rotatable bonds is 5. The van der Waals surface area contributed by atoms with Gasteiger partial charge < -0.3 is 15.4 Å². The summed E-state index contributed by atoms with van der Waals surface area (Å²) in [6, 6.07) is 20.4. The van der Waals surface area contributed by atoms with Gasteiger partial charge >= 0.3 is 0 Å². The van der Waals surface area contributed by atoms with E-state index < -0.39 is 0 Å². The number of halogens is 1. The standard InChI is InChI=1S/C24H25ClN2O/c1-17-4-2-3-5-23(17)28-20-9-6-18(7-10-20)16-27-24-21-13-15-26-14-12-19(21)8-11-22(24)25/h2-11,26-27H,12-16H2,1H3. The van der Waals surface area contributed by atoms with Crippen LogP contribution in [0, 0.1) is 6.92 Å². The Kier molecular flexibility index (Phi) is 5.84. The van der Waals surface area contributed by atoms with Crippen LogP contribution < -0.4 is 15.4 Å². The van der Waals surface area contributed by atoms with Gasteiger partial charge in [-0.2, -0.15) is 0 Å². The van der Waals surface area contributed by atoms with Gasteiger partial charge in [-0.15, -0.1) is 0 Å². The maximum absolute atomic E-state index is 6.51. The molecule has 1 aliphatic rings. The van der Waals surface area contributed by atoms with Crippen molar-refractivity contribution in [2.75, 3.05) is 18.4 Å². The van der Waals surface area contributed by atoms with E-state index in [4.69, 9.17) is 16.3 Å². The largest absolute Gasteiger partial charge is 0.457 e. The third kappa shape index (κ3) is 4.32. The van der Waals surface area contributed by atoms with Crippen molar-refractivity contribution < 1.29 is 4.74 Å². The van der Waals surface area contributed by atoms with Crippen LogP contribution in [0.5, 0.6) is 11.5 Å². The lowest BCUT2D eigenvalue weighted by molar-refractivity contribution is 0.479. The maximum Gasteiger partial charge on any atom is 0.130 e. The van der Waals surface area contributed by atoms with E-state index in [0.29, 0.717) is 0 Å². The monoisotopic (exact) mass is 392 g/mol. The quantitative estimate of drug-likeness (QED) is 0.580. The number of ether oxygens (including phenoxy) is 1. The molecule has 0 atom stereocenters. The van der Waals surface area contributed by atoms with Gasteiger partial charge in [0.25, 0.3) is 0 Å². The van der Waals surface area contributed by atoms with E-state index in [-0.39, 0.29) is 0 Å². The Morgan fingerprint density at radius 1 is 0.964 bits per heavy atom. The molecule has 3 nitrogen and oxygen atoms in total. The molecule has 0 fully saturated rings. The van der Waals surface area contributed by atoms with Crippen LogP contribution >= 0.6 is 11.6 Å². The summed E-state index contributed by atoms with van der Waals surface area (Å²) in [4.78, 5) is 0. The zero-order valence-corrected chi connectivity index (χ0v) is 16.9. The smallest absolute Gasteiger partial charge is 0.130 e. The van der Waals surface area contributed by atoms with Gasteiger partial charge in [0.05, 0.1) is 10.7 Å². The number of hydrogen-bond donors (Lipinski definition) is 2. The normalized spacial score (nSPS) is 13.5. The molecule has 0 radical (unpaired) electrons. The molecule has 0 spiro atoms. The molecule has 0 aliphatic carbocycles. The SMILES string of the molecule is Cc1ccccc1Oc1ccc(CNc2c(Cl)ccc3c2CCNCC3)cc1. The molecule has 2 N–H and O–H groups in total. The van der Waals surface area contributed by atoms with E-state index in [1.165, 1.54) is 16.7 Å². The first kappa shape index (κ1) is 18.9. The predicted octanol–water partition coefficient (Wildman–Crippen LogP) is 5.74. The van der Waals surface area contributed by atoms with Gasteiger partial charge in [0.15, 0.2) is 0 Å². The van der Waals surface area contributed by atoms with Gasteiger partial charge in [0, 0.05) is 6.54 Å². The molecular weight excluding hydrogens is 368 g/mol. The molecule has 3 aromatic rings. The van der Waals surface area contributed by atoms with Gasteiger partial charge in [-0.25, -0.2) is 0 Å². The summed E-state index contributed by atoms with van der Waals surface area (Å²) in [6.07, 6.45) is 2.05. The summed E-state index contributed by atoms with van der Waals surface area (Å²) in [5.41, 5.74) is 6.12. The van der Waals surface area contributed by atoms with Crippen LogP contribution in [-0.2, 0) is 19.4 Å². The zero-order chi connectivity index (χ0) is 19.3. The number of anilines is 1. The number of benzene rings is 3. The first-order valence-electron chi connectivity index (χ1n) is 9.78. The summed E-state index contributed by atoms with van der Waals surface area (Å²) < 4.78 is 5.99. The highest BCUT2D eigenvalue weighted by molar-refractivity contribution is 6.33. The number of nitrogens with one attached hydrogen (secondary N) is 2. The van der Waals surface area contributed by atoms with Crippen molar-refractivity contribution in [3.05, 3.63) is 87.9 Å². The number of hydrogen-bond acceptors (Lipinski definition) is 3. The Morgan fingerprint density at radius 3 is 2.57 bits per heavy atom. The third-order valence-corrected chi connectivity index (χ3v) is 5.51. The van der Waals surface area contributed by atoms with E-state index in [1.807, 2.05) is 36.4 Å². The minimum absolute atomic E-state index is 0.730. The van der Waals surface area contributed by atoms with E-state index in [0.717, 1.165) is 60.2 Å². The highest BCUT2D eigenvalue weighted by Crippen LogP contribution is 2.31. The van der Waals surface area contributed by atoms with Gasteiger partial charge in [-0.1, -0.05) is 48.0 Å². The first-order valence-corrected chi connectivity index (χ1v) is 10.2. The van der Waals surface area contributed by atoms with E-state index >= 15 is 0 Å². The molecule has 0 saturated carbocycles. The summed E-state index contributed by atoms with van der Waals surface area (Å²) in [5, 5.41) is 7.81. The first-order chi connectivity index (χ1) is 13.7. The lowest BCUT2D eigenvalue weighted by Gasteiger charge is -2.16. The van der Waals surface area contributed by atoms with E-state index in [2.05, 4.69) is 41.8 Å². The molecular formula is C24H25ClN2O.